The number of nitrogens with one attached hydrogen (secondary N) is 2. The third kappa shape index (κ3) is 2.60. The maximum absolute atomic E-state index is 12.3. The van der Waals surface area contributed by atoms with Gasteiger partial charge in [-0.2, -0.15) is 0 Å². The lowest BCUT2D eigenvalue weighted by molar-refractivity contribution is -0.144. The predicted octanol–water partition coefficient (Wildman–Crippen LogP) is -0.277. The van der Waals surface area contributed by atoms with E-state index in [0.717, 1.165) is 32.2 Å². The molecule has 17 heavy (non-hydrogen) atoms. The molecule has 0 aromatic heterocycles. The van der Waals surface area contributed by atoms with Crippen LogP contribution in [-0.2, 0) is 9.59 Å². The average Bonchev–Trinajstić information content (AvgIpc) is 2.91. The Morgan fingerprint density at radius 3 is 2.65 bits per heavy atom. The van der Waals surface area contributed by atoms with E-state index in [1.54, 1.807) is 11.9 Å². The Hall–Kier alpha value is -1.10. The van der Waals surface area contributed by atoms with Crippen LogP contribution in [0.1, 0.15) is 25.7 Å². The minimum atomic E-state index is -0.332. The molecule has 1 aliphatic heterocycles. The van der Waals surface area contributed by atoms with Gasteiger partial charge in [-0.05, 0) is 12.8 Å². The van der Waals surface area contributed by atoms with Crippen LogP contribution in [0.3, 0.4) is 0 Å². The number of nitrogens with zero attached hydrogens (tertiary/aromatic N) is 1. The lowest BCUT2D eigenvalue weighted by Crippen LogP contribution is -2.60. The smallest absolute Gasteiger partial charge is 0.243 e. The molecule has 1 unspecified atom stereocenters. The van der Waals surface area contributed by atoms with Crippen molar-refractivity contribution in [3.8, 4) is 0 Å². The maximum atomic E-state index is 12.3. The van der Waals surface area contributed by atoms with E-state index >= 15 is 0 Å². The summed E-state index contributed by atoms with van der Waals surface area (Å²) in [7, 11) is 1.62. The molecule has 5 heteroatoms. The molecule has 5 nitrogen and oxygen atoms in total. The molecule has 2 N–H and O–H groups in total. The van der Waals surface area contributed by atoms with Gasteiger partial charge >= 0.3 is 0 Å². The van der Waals surface area contributed by atoms with Gasteiger partial charge < -0.3 is 15.5 Å². The number of hydrogen-bond acceptors (Lipinski definition) is 3. The monoisotopic (exact) mass is 239 g/mol. The summed E-state index contributed by atoms with van der Waals surface area (Å²) >= 11 is 0. The Morgan fingerprint density at radius 2 is 2.00 bits per heavy atom. The van der Waals surface area contributed by atoms with E-state index in [4.69, 9.17) is 0 Å². The molecular formula is C12H21N3O2. The molecule has 1 saturated carbocycles. The van der Waals surface area contributed by atoms with Crippen LogP contribution >= 0.6 is 0 Å². The molecule has 0 aromatic rings. The number of hydrogen-bond donors (Lipinski definition) is 2. The highest BCUT2D eigenvalue weighted by Crippen LogP contribution is 2.27. The van der Waals surface area contributed by atoms with Crippen LogP contribution in [0.2, 0.25) is 0 Å². The molecule has 1 aliphatic carbocycles. The van der Waals surface area contributed by atoms with Crippen LogP contribution in [0.5, 0.6) is 0 Å². The summed E-state index contributed by atoms with van der Waals surface area (Å²) in [5.74, 6) is 0.265. The lowest BCUT2D eigenvalue weighted by Gasteiger charge is -2.36. The first-order valence-corrected chi connectivity index (χ1v) is 6.47. The zero-order valence-electron chi connectivity index (χ0n) is 10.4. The Kier molecular flexibility index (Phi) is 3.99. The van der Waals surface area contributed by atoms with Crippen molar-refractivity contribution in [3.05, 3.63) is 0 Å². The normalized spacial score (nSPS) is 25.9. The van der Waals surface area contributed by atoms with Crippen molar-refractivity contribution in [2.75, 3.05) is 26.7 Å². The Bertz CT molecular complexity index is 300. The van der Waals surface area contributed by atoms with Gasteiger partial charge in [0, 0.05) is 32.6 Å². The SMILES string of the molecule is CNC(=O)C1CNCCN1C(=O)C1CCCC1. The minimum Gasteiger partial charge on any atom is -0.357 e. The van der Waals surface area contributed by atoms with Gasteiger partial charge in [-0.15, -0.1) is 0 Å². The zero-order valence-corrected chi connectivity index (χ0v) is 10.4. The van der Waals surface area contributed by atoms with E-state index in [1.807, 2.05) is 0 Å². The van der Waals surface area contributed by atoms with Gasteiger partial charge in [0.1, 0.15) is 6.04 Å². The summed E-state index contributed by atoms with van der Waals surface area (Å²) in [5, 5.41) is 5.81. The second-order valence-electron chi connectivity index (χ2n) is 4.85. The molecule has 0 spiro atoms. The Balaban J connectivity index is 2.04. The van der Waals surface area contributed by atoms with Gasteiger partial charge in [0.25, 0.3) is 0 Å². The molecule has 2 aliphatic rings. The summed E-state index contributed by atoms with van der Waals surface area (Å²) in [6, 6.07) is -0.332. The molecule has 1 saturated heterocycles. The van der Waals surface area contributed by atoms with E-state index < -0.39 is 0 Å². The molecule has 2 fully saturated rings. The van der Waals surface area contributed by atoms with Crippen molar-refractivity contribution < 1.29 is 9.59 Å². The summed E-state index contributed by atoms with van der Waals surface area (Å²) < 4.78 is 0. The summed E-state index contributed by atoms with van der Waals surface area (Å²) in [6.07, 6.45) is 4.27. The van der Waals surface area contributed by atoms with Crippen LogP contribution < -0.4 is 10.6 Å². The van der Waals surface area contributed by atoms with Gasteiger partial charge in [-0.1, -0.05) is 12.8 Å². The number of carbonyl (C=O) groups excluding carboxylic acids is 2. The molecule has 2 amide bonds. The maximum Gasteiger partial charge on any atom is 0.243 e. The number of amides is 2. The summed E-state index contributed by atoms with van der Waals surface area (Å²) in [6.45, 7) is 2.00. The lowest BCUT2D eigenvalue weighted by atomic mass is 10.0. The van der Waals surface area contributed by atoms with E-state index in [-0.39, 0.29) is 23.8 Å². The second kappa shape index (κ2) is 5.49. The van der Waals surface area contributed by atoms with Crippen molar-refractivity contribution in [2.45, 2.75) is 31.7 Å². The zero-order chi connectivity index (χ0) is 12.3. The van der Waals surface area contributed by atoms with Gasteiger partial charge in [-0.3, -0.25) is 9.59 Å². The van der Waals surface area contributed by atoms with Crippen LogP contribution in [0.4, 0.5) is 0 Å². The minimum absolute atomic E-state index is 0.0662. The van der Waals surface area contributed by atoms with Crippen molar-refractivity contribution in [1.82, 2.24) is 15.5 Å². The average molecular weight is 239 g/mol. The van der Waals surface area contributed by atoms with E-state index in [0.29, 0.717) is 13.1 Å². The van der Waals surface area contributed by atoms with Crippen molar-refractivity contribution in [2.24, 2.45) is 5.92 Å². The standard InChI is InChI=1S/C12H21N3O2/c1-13-11(16)10-8-14-6-7-15(10)12(17)9-4-2-3-5-9/h9-10,14H,2-8H2,1H3,(H,13,16). The molecule has 96 valence electrons. The van der Waals surface area contributed by atoms with E-state index in [9.17, 15) is 9.59 Å². The first kappa shape index (κ1) is 12.4. The Morgan fingerprint density at radius 1 is 1.29 bits per heavy atom. The van der Waals surface area contributed by atoms with Gasteiger partial charge in [0.2, 0.25) is 11.8 Å². The van der Waals surface area contributed by atoms with Gasteiger partial charge in [-0.25, -0.2) is 0 Å². The molecule has 0 radical (unpaired) electrons. The number of piperazine rings is 1. The highest BCUT2D eigenvalue weighted by molar-refractivity contribution is 5.89. The highest BCUT2D eigenvalue weighted by atomic mass is 16.2. The predicted molar refractivity (Wildman–Crippen MR) is 64.4 cm³/mol. The molecule has 0 aromatic carbocycles. The van der Waals surface area contributed by atoms with Crippen LogP contribution in [0.15, 0.2) is 0 Å². The van der Waals surface area contributed by atoms with Crippen LogP contribution in [0.25, 0.3) is 0 Å². The van der Waals surface area contributed by atoms with E-state index in [1.165, 1.54) is 0 Å². The van der Waals surface area contributed by atoms with Gasteiger partial charge in [0.15, 0.2) is 0 Å². The number of rotatable bonds is 2. The topological polar surface area (TPSA) is 61.4 Å². The molecule has 1 atom stereocenters. The third-order valence-corrected chi connectivity index (χ3v) is 3.78. The number of likely N-dealkylation sites (N-methyl/N-ethyl adjacent to an activating group) is 1. The first-order valence-electron chi connectivity index (χ1n) is 6.47. The molecular weight excluding hydrogens is 218 g/mol. The summed E-state index contributed by atoms with van der Waals surface area (Å²) in [5.41, 5.74) is 0. The third-order valence-electron chi connectivity index (χ3n) is 3.78. The Labute approximate surface area is 102 Å². The van der Waals surface area contributed by atoms with Gasteiger partial charge in [0.05, 0.1) is 0 Å². The van der Waals surface area contributed by atoms with Crippen LogP contribution in [-0.4, -0.2) is 49.4 Å². The molecule has 0 bridgehead atoms. The van der Waals surface area contributed by atoms with Crippen molar-refractivity contribution in [3.63, 3.8) is 0 Å². The quantitative estimate of drug-likeness (QED) is 0.697. The molecule has 1 heterocycles. The first-order chi connectivity index (χ1) is 8.24. The number of carbonyl (C=O) groups is 2. The summed E-state index contributed by atoms with van der Waals surface area (Å²) in [4.78, 5) is 25.9. The highest BCUT2D eigenvalue weighted by Gasteiger charge is 2.35. The fourth-order valence-electron chi connectivity index (χ4n) is 2.78. The van der Waals surface area contributed by atoms with Crippen molar-refractivity contribution >= 4 is 11.8 Å². The fourth-order valence-corrected chi connectivity index (χ4v) is 2.78. The largest absolute Gasteiger partial charge is 0.357 e. The fraction of sp³-hybridized carbons (Fsp3) is 0.833. The van der Waals surface area contributed by atoms with Crippen LogP contribution in [0, 0.1) is 5.92 Å². The molecule has 2 rings (SSSR count). The second-order valence-corrected chi connectivity index (χ2v) is 4.85. The van der Waals surface area contributed by atoms with E-state index in [2.05, 4.69) is 10.6 Å². The van der Waals surface area contributed by atoms with Crippen molar-refractivity contribution in [1.29, 1.82) is 0 Å².